The van der Waals surface area contributed by atoms with Crippen molar-refractivity contribution in [3.8, 4) is 0 Å². The van der Waals surface area contributed by atoms with Crippen LogP contribution in [0.25, 0.3) is 0 Å². The first-order valence-electron chi connectivity index (χ1n) is 13.2. The molecule has 3 amide bonds. The molecular formula is C25H46N4O7S. The van der Waals surface area contributed by atoms with Crippen LogP contribution in [0.15, 0.2) is 0 Å². The summed E-state index contributed by atoms with van der Waals surface area (Å²) in [5, 5.41) is 26.5. The maximum absolute atomic E-state index is 12.9. The van der Waals surface area contributed by atoms with Crippen molar-refractivity contribution in [1.29, 1.82) is 0 Å². The average molecular weight is 547 g/mol. The largest absolute Gasteiger partial charge is 0.481 e. The van der Waals surface area contributed by atoms with Gasteiger partial charge in [0.2, 0.25) is 17.7 Å². The molecule has 7 N–H and O–H groups in total. The number of hydrogen-bond acceptors (Lipinski definition) is 7. The third kappa shape index (κ3) is 16.2. The van der Waals surface area contributed by atoms with Gasteiger partial charge in [-0.25, -0.2) is 4.79 Å². The van der Waals surface area contributed by atoms with Gasteiger partial charge in [-0.1, -0.05) is 33.6 Å². The Balaban J connectivity index is 4.85. The molecular weight excluding hydrogens is 500 g/mol. The average Bonchev–Trinajstić information content (AvgIpc) is 2.85. The Bertz CT molecular complexity index is 738. The Hall–Kier alpha value is -2.34. The van der Waals surface area contributed by atoms with Gasteiger partial charge in [0.05, 0.1) is 6.04 Å². The maximum atomic E-state index is 12.9. The van der Waals surface area contributed by atoms with Crippen molar-refractivity contribution in [3.05, 3.63) is 0 Å². The normalized spacial score (nSPS) is 15.1. The molecule has 0 unspecified atom stereocenters. The standard InChI is InChI=1S/C25H46N4O7S/c1-4-16(3)22(25(35)36)29-24(34)19(28-23(33)18(26)13-14-21(31)32)11-8-9-15-27-20(30)12-7-6-10-17(37)5-2/h16-19,22,37H,4-15,26H2,1-3H3,(H,27,30)(H,28,33)(H,29,34)(H,31,32)(H,35,36)/t16-,17+,18-,19-,22-/m0/s1. The van der Waals surface area contributed by atoms with Crippen molar-refractivity contribution >= 4 is 42.3 Å². The van der Waals surface area contributed by atoms with Crippen LogP contribution in [-0.4, -0.2) is 69.8 Å². The first-order valence-corrected chi connectivity index (χ1v) is 13.7. The summed E-state index contributed by atoms with van der Waals surface area (Å²) < 4.78 is 0. The minimum atomic E-state index is -1.17. The molecule has 0 saturated heterocycles. The molecule has 0 aromatic heterocycles. The summed E-state index contributed by atoms with van der Waals surface area (Å²) in [5.74, 6) is -3.97. The number of hydrogen-bond donors (Lipinski definition) is 7. The number of carbonyl (C=O) groups is 5. The SMILES string of the molecule is CC[C@@H](S)CCCCC(=O)NCCCC[C@H](NC(=O)[C@@H](N)CCC(=O)O)C(=O)N[C@H](C(=O)O)[C@@H](C)CC. The first-order chi connectivity index (χ1) is 17.4. The molecule has 0 aliphatic heterocycles. The van der Waals surface area contributed by atoms with Gasteiger partial charge >= 0.3 is 11.9 Å². The molecule has 0 aliphatic carbocycles. The van der Waals surface area contributed by atoms with E-state index in [2.05, 4.69) is 35.5 Å². The molecule has 0 aromatic carbocycles. The fourth-order valence-electron chi connectivity index (χ4n) is 3.55. The van der Waals surface area contributed by atoms with Gasteiger partial charge in [-0.2, -0.15) is 12.6 Å². The summed E-state index contributed by atoms with van der Waals surface area (Å²) in [6, 6.07) is -3.28. The lowest BCUT2D eigenvalue weighted by molar-refractivity contribution is -0.143. The second-order valence-electron chi connectivity index (χ2n) is 9.46. The van der Waals surface area contributed by atoms with Gasteiger partial charge in [0.25, 0.3) is 0 Å². The van der Waals surface area contributed by atoms with E-state index >= 15 is 0 Å². The first kappa shape index (κ1) is 34.7. The van der Waals surface area contributed by atoms with Crippen LogP contribution in [0.5, 0.6) is 0 Å². The predicted octanol–water partition coefficient (Wildman–Crippen LogP) is 1.83. The molecule has 0 aliphatic rings. The van der Waals surface area contributed by atoms with Crippen molar-refractivity contribution in [3.63, 3.8) is 0 Å². The van der Waals surface area contributed by atoms with Crippen LogP contribution in [0.1, 0.15) is 91.4 Å². The fourth-order valence-corrected chi connectivity index (χ4v) is 3.74. The van der Waals surface area contributed by atoms with E-state index < -0.39 is 41.9 Å². The lowest BCUT2D eigenvalue weighted by atomic mass is 9.98. The Morgan fingerprint density at radius 1 is 0.838 bits per heavy atom. The van der Waals surface area contributed by atoms with Gasteiger partial charge < -0.3 is 31.9 Å². The molecule has 214 valence electrons. The maximum Gasteiger partial charge on any atom is 0.326 e. The van der Waals surface area contributed by atoms with E-state index in [1.54, 1.807) is 6.92 Å². The van der Waals surface area contributed by atoms with E-state index in [1.807, 2.05) is 6.92 Å². The van der Waals surface area contributed by atoms with E-state index in [0.717, 1.165) is 25.7 Å². The van der Waals surface area contributed by atoms with Gasteiger partial charge in [0.15, 0.2) is 0 Å². The quantitative estimate of drug-likeness (QED) is 0.0838. The highest BCUT2D eigenvalue weighted by atomic mass is 32.1. The lowest BCUT2D eigenvalue weighted by Crippen LogP contribution is -2.55. The van der Waals surface area contributed by atoms with Crippen molar-refractivity contribution in [1.82, 2.24) is 16.0 Å². The number of carboxylic acids is 2. The second-order valence-corrected chi connectivity index (χ2v) is 10.2. The van der Waals surface area contributed by atoms with Crippen molar-refractivity contribution in [2.45, 2.75) is 115 Å². The Kier molecular flexibility index (Phi) is 18.5. The summed E-state index contributed by atoms with van der Waals surface area (Å²) in [6.07, 6.45) is 5.50. The topological polar surface area (TPSA) is 188 Å². The number of unbranched alkanes of at least 4 members (excludes halogenated alkanes) is 2. The van der Waals surface area contributed by atoms with E-state index in [4.69, 9.17) is 10.8 Å². The smallest absolute Gasteiger partial charge is 0.326 e. The van der Waals surface area contributed by atoms with E-state index in [9.17, 15) is 29.1 Å². The number of thiol groups is 1. The molecule has 37 heavy (non-hydrogen) atoms. The summed E-state index contributed by atoms with van der Waals surface area (Å²) in [5.41, 5.74) is 5.76. The molecule has 0 saturated carbocycles. The van der Waals surface area contributed by atoms with E-state index in [1.165, 1.54) is 0 Å². The van der Waals surface area contributed by atoms with Crippen molar-refractivity contribution in [2.75, 3.05) is 6.54 Å². The highest BCUT2D eigenvalue weighted by molar-refractivity contribution is 7.80. The van der Waals surface area contributed by atoms with Crippen LogP contribution in [0, 0.1) is 5.92 Å². The Morgan fingerprint density at radius 2 is 1.49 bits per heavy atom. The van der Waals surface area contributed by atoms with Crippen LogP contribution in [0.3, 0.4) is 0 Å². The number of carbonyl (C=O) groups excluding carboxylic acids is 3. The highest BCUT2D eigenvalue weighted by Crippen LogP contribution is 2.12. The summed E-state index contributed by atoms with van der Waals surface area (Å²) >= 11 is 4.44. The third-order valence-corrected chi connectivity index (χ3v) is 6.94. The molecule has 0 fully saturated rings. The molecule has 0 heterocycles. The molecule has 0 bridgehead atoms. The van der Waals surface area contributed by atoms with Gasteiger partial charge in [0, 0.05) is 24.6 Å². The fraction of sp³-hybridized carbons (Fsp3) is 0.800. The Labute approximate surface area is 225 Å². The molecule has 0 radical (unpaired) electrons. The van der Waals surface area contributed by atoms with Crippen molar-refractivity contribution < 1.29 is 34.2 Å². The van der Waals surface area contributed by atoms with E-state index in [0.29, 0.717) is 37.5 Å². The molecule has 12 heteroatoms. The lowest BCUT2D eigenvalue weighted by Gasteiger charge is -2.25. The highest BCUT2D eigenvalue weighted by Gasteiger charge is 2.30. The van der Waals surface area contributed by atoms with Gasteiger partial charge in [0.1, 0.15) is 12.1 Å². The number of carboxylic acid groups (broad SMARTS) is 2. The minimum Gasteiger partial charge on any atom is -0.481 e. The molecule has 0 aromatic rings. The van der Waals surface area contributed by atoms with Crippen LogP contribution in [-0.2, 0) is 24.0 Å². The summed E-state index contributed by atoms with van der Waals surface area (Å²) in [7, 11) is 0. The number of nitrogens with one attached hydrogen (secondary N) is 3. The van der Waals surface area contributed by atoms with Crippen molar-refractivity contribution in [2.24, 2.45) is 11.7 Å². The van der Waals surface area contributed by atoms with Crippen LogP contribution in [0.2, 0.25) is 0 Å². The van der Waals surface area contributed by atoms with Crippen LogP contribution >= 0.6 is 12.6 Å². The number of aliphatic carboxylic acids is 2. The predicted molar refractivity (Wildman–Crippen MR) is 144 cm³/mol. The number of rotatable bonds is 21. The molecule has 5 atom stereocenters. The van der Waals surface area contributed by atoms with Gasteiger partial charge in [-0.3, -0.25) is 19.2 Å². The summed E-state index contributed by atoms with van der Waals surface area (Å²) in [4.78, 5) is 59.7. The molecule has 0 spiro atoms. The number of amides is 3. The van der Waals surface area contributed by atoms with Crippen LogP contribution < -0.4 is 21.7 Å². The summed E-state index contributed by atoms with van der Waals surface area (Å²) in [6.45, 7) is 6.00. The zero-order valence-corrected chi connectivity index (χ0v) is 23.2. The Morgan fingerprint density at radius 3 is 2.05 bits per heavy atom. The third-order valence-electron chi connectivity index (χ3n) is 6.32. The number of nitrogens with two attached hydrogens (primary N) is 1. The van der Waals surface area contributed by atoms with Gasteiger partial charge in [-0.05, 0) is 50.9 Å². The second kappa shape index (κ2) is 19.7. The zero-order chi connectivity index (χ0) is 28.4. The zero-order valence-electron chi connectivity index (χ0n) is 22.3. The molecule has 11 nitrogen and oxygen atoms in total. The molecule has 0 rings (SSSR count). The van der Waals surface area contributed by atoms with Crippen LogP contribution in [0.4, 0.5) is 0 Å². The van der Waals surface area contributed by atoms with E-state index in [-0.39, 0.29) is 31.1 Å². The monoisotopic (exact) mass is 546 g/mol. The van der Waals surface area contributed by atoms with Gasteiger partial charge in [-0.15, -0.1) is 0 Å². The minimum absolute atomic E-state index is 0.0444.